The molecule has 1 heterocycles. The van der Waals surface area contributed by atoms with Gasteiger partial charge < -0.3 is 9.84 Å². The Balaban J connectivity index is 1.70. The zero-order chi connectivity index (χ0) is 17.6. The highest BCUT2D eigenvalue weighted by Crippen LogP contribution is 2.33. The number of ether oxygens (including phenoxy) is 1. The molecule has 0 unspecified atom stereocenters. The van der Waals surface area contributed by atoms with E-state index in [1.807, 2.05) is 24.3 Å². The van der Waals surface area contributed by atoms with E-state index in [0.717, 1.165) is 6.07 Å². The quantitative estimate of drug-likeness (QED) is 0.635. The normalized spacial score (nSPS) is 15.6. The van der Waals surface area contributed by atoms with Crippen molar-refractivity contribution in [1.29, 1.82) is 0 Å². The average Bonchev–Trinajstić information content (AvgIpc) is 2.93. The van der Waals surface area contributed by atoms with Crippen LogP contribution in [-0.2, 0) is 0 Å². The number of rotatable bonds is 5. The molecule has 1 saturated carbocycles. The Morgan fingerprint density at radius 3 is 2.44 bits per heavy atom. The number of pyridine rings is 1. The summed E-state index contributed by atoms with van der Waals surface area (Å²) in [5, 5.41) is 8.80. The maximum absolute atomic E-state index is 14.0. The van der Waals surface area contributed by atoms with Crippen LogP contribution in [-0.4, -0.2) is 22.5 Å². The van der Waals surface area contributed by atoms with Crippen LogP contribution in [0.2, 0.25) is 0 Å². The first-order valence-electron chi connectivity index (χ1n) is 8.75. The van der Waals surface area contributed by atoms with Gasteiger partial charge in [-0.2, -0.15) is 0 Å². The van der Waals surface area contributed by atoms with Gasteiger partial charge in [0.25, 0.3) is 5.88 Å². The van der Waals surface area contributed by atoms with Crippen molar-refractivity contribution in [1.82, 2.24) is 4.98 Å². The summed E-state index contributed by atoms with van der Waals surface area (Å²) in [6, 6.07) is 8.75. The SMILES string of the molecule is O=C(CO)c1cnc(Oc2ccc(C3CCCCCC3)cc2)c(F)c1. The number of ketones is 1. The number of hydrogen-bond donors (Lipinski definition) is 1. The molecule has 3 rings (SSSR count). The Morgan fingerprint density at radius 1 is 1.16 bits per heavy atom. The van der Waals surface area contributed by atoms with E-state index in [-0.39, 0.29) is 11.4 Å². The predicted octanol–water partition coefficient (Wildman–Crippen LogP) is 4.63. The number of aliphatic hydroxyl groups excluding tert-OH is 1. The number of carbonyl (C=O) groups is 1. The summed E-state index contributed by atoms with van der Waals surface area (Å²) >= 11 is 0. The number of nitrogens with zero attached hydrogens (tertiary/aromatic N) is 1. The lowest BCUT2D eigenvalue weighted by molar-refractivity contribution is 0.0903. The van der Waals surface area contributed by atoms with Crippen LogP contribution in [0.15, 0.2) is 36.5 Å². The van der Waals surface area contributed by atoms with Gasteiger partial charge in [0.15, 0.2) is 11.6 Å². The number of halogens is 1. The van der Waals surface area contributed by atoms with Gasteiger partial charge in [-0.05, 0) is 42.5 Å². The van der Waals surface area contributed by atoms with E-state index in [0.29, 0.717) is 11.7 Å². The molecule has 4 nitrogen and oxygen atoms in total. The topological polar surface area (TPSA) is 59.4 Å². The maximum Gasteiger partial charge on any atom is 0.255 e. The maximum atomic E-state index is 14.0. The molecule has 1 aliphatic carbocycles. The van der Waals surface area contributed by atoms with Gasteiger partial charge in [0, 0.05) is 11.8 Å². The van der Waals surface area contributed by atoms with Crippen LogP contribution in [0.4, 0.5) is 4.39 Å². The molecule has 1 aromatic carbocycles. The third-order valence-electron chi connectivity index (χ3n) is 4.69. The second-order valence-electron chi connectivity index (χ2n) is 6.45. The van der Waals surface area contributed by atoms with Crippen LogP contribution in [0, 0.1) is 5.82 Å². The lowest BCUT2D eigenvalue weighted by Crippen LogP contribution is -2.06. The Labute approximate surface area is 146 Å². The molecule has 1 aromatic heterocycles. The minimum Gasteiger partial charge on any atom is -0.436 e. The van der Waals surface area contributed by atoms with Gasteiger partial charge in [0.05, 0.1) is 0 Å². The zero-order valence-corrected chi connectivity index (χ0v) is 14.1. The van der Waals surface area contributed by atoms with Crippen molar-refractivity contribution in [2.24, 2.45) is 0 Å². The van der Waals surface area contributed by atoms with Gasteiger partial charge in [-0.1, -0.05) is 37.8 Å². The molecule has 0 radical (unpaired) electrons. The number of Topliss-reactive ketones (excluding diaryl/α,β-unsaturated/α-hetero) is 1. The molecule has 132 valence electrons. The van der Waals surface area contributed by atoms with Crippen LogP contribution >= 0.6 is 0 Å². The number of benzene rings is 1. The van der Waals surface area contributed by atoms with Crippen molar-refractivity contribution in [3.63, 3.8) is 0 Å². The fraction of sp³-hybridized carbons (Fsp3) is 0.400. The van der Waals surface area contributed by atoms with Gasteiger partial charge in [-0.3, -0.25) is 4.79 Å². The average molecular weight is 343 g/mol. The van der Waals surface area contributed by atoms with Gasteiger partial charge in [0.2, 0.25) is 0 Å². The lowest BCUT2D eigenvalue weighted by Gasteiger charge is -2.15. The van der Waals surface area contributed by atoms with Gasteiger partial charge >= 0.3 is 0 Å². The van der Waals surface area contributed by atoms with Gasteiger partial charge in [-0.15, -0.1) is 0 Å². The first-order valence-corrected chi connectivity index (χ1v) is 8.75. The summed E-state index contributed by atoms with van der Waals surface area (Å²) in [7, 11) is 0. The molecular formula is C20H22FNO3. The van der Waals surface area contributed by atoms with Gasteiger partial charge in [-0.25, -0.2) is 9.37 Å². The fourth-order valence-corrected chi connectivity index (χ4v) is 3.28. The third kappa shape index (κ3) is 4.42. The Morgan fingerprint density at radius 2 is 1.84 bits per heavy atom. The van der Waals surface area contributed by atoms with Crippen molar-refractivity contribution in [2.75, 3.05) is 6.61 Å². The molecule has 1 aliphatic rings. The number of carbonyl (C=O) groups excluding carboxylic acids is 1. The molecule has 25 heavy (non-hydrogen) atoms. The summed E-state index contributed by atoms with van der Waals surface area (Å²) in [6.45, 7) is -0.677. The van der Waals surface area contributed by atoms with E-state index in [4.69, 9.17) is 9.84 Å². The highest BCUT2D eigenvalue weighted by Gasteiger charge is 2.15. The molecule has 0 saturated heterocycles. The van der Waals surface area contributed by atoms with Crippen LogP contribution in [0.1, 0.15) is 60.4 Å². The molecule has 0 spiro atoms. The molecule has 5 heteroatoms. The van der Waals surface area contributed by atoms with Crippen LogP contribution in [0.25, 0.3) is 0 Å². The summed E-state index contributed by atoms with van der Waals surface area (Å²) < 4.78 is 19.5. The van der Waals surface area contributed by atoms with Crippen molar-refractivity contribution in [3.8, 4) is 11.6 Å². The molecule has 0 atom stereocenters. The summed E-state index contributed by atoms with van der Waals surface area (Å²) in [5.41, 5.74) is 1.32. The van der Waals surface area contributed by atoms with Crippen molar-refractivity contribution < 1.29 is 19.0 Å². The van der Waals surface area contributed by atoms with E-state index >= 15 is 0 Å². The first kappa shape index (κ1) is 17.5. The van der Waals surface area contributed by atoms with E-state index in [2.05, 4.69) is 4.98 Å². The van der Waals surface area contributed by atoms with E-state index in [1.165, 1.54) is 50.3 Å². The van der Waals surface area contributed by atoms with E-state index < -0.39 is 18.2 Å². The molecular weight excluding hydrogens is 321 g/mol. The molecule has 0 amide bonds. The summed E-state index contributed by atoms with van der Waals surface area (Å²) in [5.74, 6) is -0.394. The monoisotopic (exact) mass is 343 g/mol. The number of aromatic nitrogens is 1. The standard InChI is InChI=1S/C20H22FNO3/c21-18-11-16(19(24)13-23)12-22-20(18)25-17-9-7-15(8-10-17)14-5-3-1-2-4-6-14/h7-12,14,23H,1-6,13H2. The molecule has 1 fully saturated rings. The highest BCUT2D eigenvalue weighted by molar-refractivity contribution is 5.96. The van der Waals surface area contributed by atoms with Crippen LogP contribution in [0.5, 0.6) is 11.6 Å². The lowest BCUT2D eigenvalue weighted by atomic mass is 9.92. The Hall–Kier alpha value is -2.27. The summed E-state index contributed by atoms with van der Waals surface area (Å²) in [6.07, 6.45) is 8.83. The van der Waals surface area contributed by atoms with Crippen LogP contribution < -0.4 is 4.74 Å². The largest absolute Gasteiger partial charge is 0.436 e. The third-order valence-corrected chi connectivity index (χ3v) is 4.69. The number of aliphatic hydroxyl groups is 1. The molecule has 1 N–H and O–H groups in total. The second kappa shape index (κ2) is 8.21. The molecule has 0 aliphatic heterocycles. The fourth-order valence-electron chi connectivity index (χ4n) is 3.28. The highest BCUT2D eigenvalue weighted by atomic mass is 19.1. The number of hydrogen-bond acceptors (Lipinski definition) is 4. The van der Waals surface area contributed by atoms with Crippen molar-refractivity contribution in [2.45, 2.75) is 44.4 Å². The van der Waals surface area contributed by atoms with Crippen LogP contribution in [0.3, 0.4) is 0 Å². The minimum absolute atomic E-state index is 0.0241. The van der Waals surface area contributed by atoms with Crippen molar-refractivity contribution >= 4 is 5.78 Å². The van der Waals surface area contributed by atoms with Crippen molar-refractivity contribution in [3.05, 3.63) is 53.5 Å². The Bertz CT molecular complexity index is 722. The second-order valence-corrected chi connectivity index (χ2v) is 6.45. The molecule has 0 bridgehead atoms. The smallest absolute Gasteiger partial charge is 0.255 e. The minimum atomic E-state index is -0.729. The first-order chi connectivity index (χ1) is 12.2. The molecule has 2 aromatic rings. The predicted molar refractivity (Wildman–Crippen MR) is 92.6 cm³/mol. The van der Waals surface area contributed by atoms with E-state index in [1.54, 1.807) is 0 Å². The zero-order valence-electron chi connectivity index (χ0n) is 14.1. The van der Waals surface area contributed by atoms with Gasteiger partial charge in [0.1, 0.15) is 12.4 Å². The Kier molecular flexibility index (Phi) is 5.76. The summed E-state index contributed by atoms with van der Waals surface area (Å²) in [4.78, 5) is 15.2. The van der Waals surface area contributed by atoms with E-state index in [9.17, 15) is 9.18 Å².